The molecule has 6 nitrogen and oxygen atoms in total. The highest BCUT2D eigenvalue weighted by atomic mass is 32.1. The second kappa shape index (κ2) is 7.83. The highest BCUT2D eigenvalue weighted by Crippen LogP contribution is 2.36. The molecule has 0 aliphatic carbocycles. The molecule has 7 heteroatoms. The van der Waals surface area contributed by atoms with Crippen LogP contribution in [0.15, 0.2) is 30.3 Å². The Balaban J connectivity index is 1.56. The fourth-order valence-electron chi connectivity index (χ4n) is 3.74. The summed E-state index contributed by atoms with van der Waals surface area (Å²) in [5.41, 5.74) is 1.93. The summed E-state index contributed by atoms with van der Waals surface area (Å²) in [4.78, 5) is 30.9. The van der Waals surface area contributed by atoms with Gasteiger partial charge < -0.3 is 9.80 Å². The maximum atomic E-state index is 12.9. The number of anilines is 2. The van der Waals surface area contributed by atoms with Crippen LogP contribution >= 0.6 is 11.3 Å². The fourth-order valence-corrected chi connectivity index (χ4v) is 4.89. The van der Waals surface area contributed by atoms with E-state index in [1.807, 2.05) is 44.1 Å². The molecular formula is C21H25N5OS. The minimum Gasteiger partial charge on any atom is -0.361 e. The van der Waals surface area contributed by atoms with Crippen LogP contribution in [0.5, 0.6) is 0 Å². The van der Waals surface area contributed by atoms with Crippen molar-refractivity contribution in [3.8, 4) is 0 Å². The van der Waals surface area contributed by atoms with Gasteiger partial charge in [-0.15, -0.1) is 0 Å². The number of nitrogens with zero attached hydrogens (tertiary/aromatic N) is 5. The Kier molecular flexibility index (Phi) is 5.26. The van der Waals surface area contributed by atoms with E-state index in [1.54, 1.807) is 11.3 Å². The van der Waals surface area contributed by atoms with Gasteiger partial charge >= 0.3 is 0 Å². The van der Waals surface area contributed by atoms with Gasteiger partial charge in [-0.25, -0.2) is 9.97 Å². The smallest absolute Gasteiger partial charge is 0.188 e. The summed E-state index contributed by atoms with van der Waals surface area (Å²) in [6.45, 7) is 2.75. The molecule has 1 aliphatic heterocycles. The van der Waals surface area contributed by atoms with Crippen molar-refractivity contribution in [1.29, 1.82) is 0 Å². The average Bonchev–Trinajstić information content (AvgIpc) is 3.32. The quantitative estimate of drug-likeness (QED) is 0.635. The van der Waals surface area contributed by atoms with Gasteiger partial charge in [-0.2, -0.15) is 4.98 Å². The lowest BCUT2D eigenvalue weighted by Crippen LogP contribution is -2.36. The van der Waals surface area contributed by atoms with Crippen LogP contribution in [-0.4, -0.2) is 47.4 Å². The number of rotatable bonds is 6. The molecule has 1 atom stereocenters. The summed E-state index contributed by atoms with van der Waals surface area (Å²) >= 11 is 1.59. The molecule has 0 saturated carbocycles. The van der Waals surface area contributed by atoms with Crippen LogP contribution in [-0.2, 0) is 11.2 Å². The molecule has 0 unspecified atom stereocenters. The lowest BCUT2D eigenvalue weighted by Gasteiger charge is -2.22. The van der Waals surface area contributed by atoms with Gasteiger partial charge in [0.05, 0.1) is 6.04 Å². The van der Waals surface area contributed by atoms with E-state index in [2.05, 4.69) is 27.0 Å². The molecule has 2 aromatic heterocycles. The number of ketones is 1. The molecule has 3 aromatic rings. The molecule has 0 spiro atoms. The van der Waals surface area contributed by atoms with Crippen molar-refractivity contribution >= 4 is 38.4 Å². The highest BCUT2D eigenvalue weighted by molar-refractivity contribution is 7.22. The summed E-state index contributed by atoms with van der Waals surface area (Å²) in [5, 5.41) is 0.883. The Morgan fingerprint density at radius 3 is 2.75 bits per heavy atom. The number of aryl methyl sites for hydroxylation is 2. The zero-order chi connectivity index (χ0) is 19.7. The third-order valence-corrected chi connectivity index (χ3v) is 6.21. The second-order valence-electron chi connectivity index (χ2n) is 7.44. The molecule has 1 saturated heterocycles. The van der Waals surface area contributed by atoms with Crippen LogP contribution in [0.2, 0.25) is 0 Å². The van der Waals surface area contributed by atoms with Gasteiger partial charge in [-0.3, -0.25) is 4.79 Å². The van der Waals surface area contributed by atoms with Gasteiger partial charge in [0.25, 0.3) is 0 Å². The van der Waals surface area contributed by atoms with Crippen molar-refractivity contribution in [1.82, 2.24) is 15.0 Å². The largest absolute Gasteiger partial charge is 0.361 e. The number of fused-ring (bicyclic) bond motifs is 1. The van der Waals surface area contributed by atoms with E-state index < -0.39 is 0 Å². The Bertz CT molecular complexity index is 985. The number of aromatic nitrogens is 3. The summed E-state index contributed by atoms with van der Waals surface area (Å²) in [6.07, 6.45) is 3.27. The van der Waals surface area contributed by atoms with Crippen LogP contribution in [0.25, 0.3) is 10.3 Å². The minimum atomic E-state index is -0.0823. The molecule has 1 aromatic carbocycles. The molecule has 3 heterocycles. The standard InChI is InChI=1S/C21H25N5OS/c1-14-22-19-18(20(23-14)25(2)3)28-21(24-19)26-13-7-10-16(26)17(27)12-11-15-8-5-4-6-9-15/h4-6,8-9,16H,7,10-13H2,1-3H3/t16-/m1/s1. The first-order valence-corrected chi connectivity index (χ1v) is 10.5. The number of thiazole rings is 1. The van der Waals surface area contributed by atoms with Crippen LogP contribution in [0.4, 0.5) is 10.9 Å². The van der Waals surface area contributed by atoms with E-state index in [1.165, 1.54) is 5.56 Å². The molecule has 0 bridgehead atoms. The van der Waals surface area contributed by atoms with Gasteiger partial charge in [0, 0.05) is 27.1 Å². The van der Waals surface area contributed by atoms with Crippen molar-refractivity contribution in [2.24, 2.45) is 0 Å². The van der Waals surface area contributed by atoms with Gasteiger partial charge in [-0.1, -0.05) is 41.7 Å². The third-order valence-electron chi connectivity index (χ3n) is 5.13. The topological polar surface area (TPSA) is 62.2 Å². The van der Waals surface area contributed by atoms with Gasteiger partial charge in [-0.05, 0) is 31.7 Å². The van der Waals surface area contributed by atoms with E-state index >= 15 is 0 Å². The molecule has 0 radical (unpaired) electrons. The van der Waals surface area contributed by atoms with Crippen LogP contribution in [0.1, 0.15) is 30.7 Å². The number of carbonyl (C=O) groups excluding carboxylic acids is 1. The molecule has 1 aliphatic rings. The summed E-state index contributed by atoms with van der Waals surface area (Å²) in [7, 11) is 3.96. The van der Waals surface area contributed by atoms with Crippen LogP contribution in [0, 0.1) is 6.92 Å². The van der Waals surface area contributed by atoms with Crippen LogP contribution < -0.4 is 9.80 Å². The molecule has 4 rings (SSSR count). The number of hydrogen-bond acceptors (Lipinski definition) is 7. The first-order valence-electron chi connectivity index (χ1n) is 9.68. The zero-order valence-corrected chi connectivity index (χ0v) is 17.4. The Hall–Kier alpha value is -2.54. The monoisotopic (exact) mass is 395 g/mol. The predicted molar refractivity (Wildman–Crippen MR) is 114 cm³/mol. The molecule has 146 valence electrons. The number of carbonyl (C=O) groups is 1. The van der Waals surface area contributed by atoms with Crippen LogP contribution in [0.3, 0.4) is 0 Å². The van der Waals surface area contributed by atoms with Gasteiger partial charge in [0.1, 0.15) is 10.5 Å². The molecule has 28 heavy (non-hydrogen) atoms. The van der Waals surface area contributed by atoms with E-state index in [-0.39, 0.29) is 6.04 Å². The first kappa shape index (κ1) is 18.8. The minimum absolute atomic E-state index is 0.0823. The number of benzene rings is 1. The lowest BCUT2D eigenvalue weighted by molar-refractivity contribution is -0.120. The van der Waals surface area contributed by atoms with Crippen molar-refractivity contribution in [3.63, 3.8) is 0 Å². The Morgan fingerprint density at radius 1 is 1.21 bits per heavy atom. The lowest BCUT2D eigenvalue weighted by atomic mass is 10.0. The molecule has 1 fully saturated rings. The number of Topliss-reactive ketones (excluding diaryl/α,β-unsaturated/α-hetero) is 1. The van der Waals surface area contributed by atoms with Crippen molar-refractivity contribution in [3.05, 3.63) is 41.7 Å². The maximum absolute atomic E-state index is 12.9. The van der Waals surface area contributed by atoms with E-state index in [0.717, 1.165) is 47.1 Å². The average molecular weight is 396 g/mol. The maximum Gasteiger partial charge on any atom is 0.188 e. The van der Waals surface area contributed by atoms with Crippen molar-refractivity contribution in [2.75, 3.05) is 30.4 Å². The summed E-state index contributed by atoms with van der Waals surface area (Å²) in [6, 6.07) is 10.1. The molecule has 0 N–H and O–H groups in total. The zero-order valence-electron chi connectivity index (χ0n) is 16.6. The highest BCUT2D eigenvalue weighted by Gasteiger charge is 2.32. The Labute approximate surface area is 169 Å². The van der Waals surface area contributed by atoms with E-state index in [0.29, 0.717) is 18.0 Å². The Morgan fingerprint density at radius 2 is 2.00 bits per heavy atom. The predicted octanol–water partition coefficient (Wildman–Crippen LogP) is 3.63. The van der Waals surface area contributed by atoms with Gasteiger partial charge in [0.15, 0.2) is 22.4 Å². The third kappa shape index (κ3) is 3.71. The number of hydrogen-bond donors (Lipinski definition) is 0. The van der Waals surface area contributed by atoms with Crippen molar-refractivity contribution < 1.29 is 4.79 Å². The van der Waals surface area contributed by atoms with Gasteiger partial charge in [0.2, 0.25) is 0 Å². The normalized spacial score (nSPS) is 16.7. The summed E-state index contributed by atoms with van der Waals surface area (Å²) in [5.74, 6) is 1.90. The molecular weight excluding hydrogens is 370 g/mol. The van der Waals surface area contributed by atoms with Crippen molar-refractivity contribution in [2.45, 2.75) is 38.6 Å². The SMILES string of the molecule is Cc1nc(N(C)C)c2sc(N3CCC[C@@H]3C(=O)CCc3ccccc3)nc2n1. The second-order valence-corrected chi connectivity index (χ2v) is 8.42. The fraction of sp³-hybridized carbons (Fsp3) is 0.429. The van der Waals surface area contributed by atoms with E-state index in [4.69, 9.17) is 4.98 Å². The first-order chi connectivity index (χ1) is 13.5. The summed E-state index contributed by atoms with van der Waals surface area (Å²) < 4.78 is 0.980. The van der Waals surface area contributed by atoms with E-state index in [9.17, 15) is 4.79 Å². The molecule has 0 amide bonds.